The molecular formula is C11H21NO4S. The molecule has 0 spiro atoms. The van der Waals surface area contributed by atoms with Gasteiger partial charge in [0.05, 0.1) is 18.3 Å². The average molecular weight is 263 g/mol. The first-order chi connectivity index (χ1) is 7.98. The first kappa shape index (κ1) is 14.4. The quantitative estimate of drug-likeness (QED) is 0.694. The molecule has 0 aliphatic heterocycles. The topological polar surface area (TPSA) is 63.7 Å². The highest BCUT2D eigenvalue weighted by molar-refractivity contribution is 7.89. The number of nitrogens with zero attached hydrogens (tertiary/aromatic N) is 1. The molecule has 0 heterocycles. The summed E-state index contributed by atoms with van der Waals surface area (Å²) < 4.78 is 30.8. The van der Waals surface area contributed by atoms with Crippen molar-refractivity contribution in [3.05, 3.63) is 0 Å². The van der Waals surface area contributed by atoms with Crippen LogP contribution in [0.25, 0.3) is 0 Å². The summed E-state index contributed by atoms with van der Waals surface area (Å²) in [5, 5.41) is -0.602. The van der Waals surface area contributed by atoms with E-state index in [-0.39, 0.29) is 0 Å². The third-order valence-electron chi connectivity index (χ3n) is 3.40. The number of carbonyl (C=O) groups excluding carboxylic acids is 1. The van der Waals surface area contributed by atoms with Gasteiger partial charge < -0.3 is 4.74 Å². The van der Waals surface area contributed by atoms with Crippen molar-refractivity contribution in [1.82, 2.24) is 4.31 Å². The lowest BCUT2D eigenvalue weighted by Gasteiger charge is -2.25. The normalized spacial score (nSPS) is 25.2. The van der Waals surface area contributed by atoms with Gasteiger partial charge in [0, 0.05) is 13.1 Å². The van der Waals surface area contributed by atoms with Crippen LogP contribution in [-0.2, 0) is 19.6 Å². The molecule has 5 nitrogen and oxygen atoms in total. The summed E-state index contributed by atoms with van der Waals surface area (Å²) in [5.74, 6) is -0.895. The molecule has 0 aromatic heterocycles. The summed E-state index contributed by atoms with van der Waals surface area (Å²) in [5.41, 5.74) is 0. The van der Waals surface area contributed by atoms with Crippen LogP contribution in [0.1, 0.15) is 33.1 Å². The van der Waals surface area contributed by atoms with Crippen molar-refractivity contribution in [3.8, 4) is 0 Å². The van der Waals surface area contributed by atoms with Crippen LogP contribution in [0.3, 0.4) is 0 Å². The smallest absolute Gasteiger partial charge is 0.310 e. The Labute approximate surface area is 103 Å². The molecule has 0 amide bonds. The van der Waals surface area contributed by atoms with Crippen molar-refractivity contribution in [2.45, 2.75) is 38.4 Å². The fourth-order valence-electron chi connectivity index (χ4n) is 2.48. The Morgan fingerprint density at radius 3 is 2.35 bits per heavy atom. The van der Waals surface area contributed by atoms with Gasteiger partial charge in [-0.2, -0.15) is 0 Å². The molecule has 1 fully saturated rings. The second-order valence-corrected chi connectivity index (χ2v) is 6.38. The van der Waals surface area contributed by atoms with Gasteiger partial charge in [-0.3, -0.25) is 4.79 Å². The van der Waals surface area contributed by atoms with Crippen molar-refractivity contribution >= 4 is 16.0 Å². The number of esters is 1. The minimum absolute atomic E-state index is 0.400. The van der Waals surface area contributed by atoms with E-state index in [1.165, 1.54) is 11.4 Å². The van der Waals surface area contributed by atoms with Crippen LogP contribution in [-0.4, -0.2) is 44.1 Å². The lowest BCUT2D eigenvalue weighted by atomic mass is 10.1. The maximum absolute atomic E-state index is 12.3. The summed E-state index contributed by atoms with van der Waals surface area (Å²) in [4.78, 5) is 11.6. The van der Waals surface area contributed by atoms with E-state index in [1.54, 1.807) is 0 Å². The van der Waals surface area contributed by atoms with Gasteiger partial charge in [-0.25, -0.2) is 12.7 Å². The molecule has 0 saturated heterocycles. The number of hydrogen-bond donors (Lipinski definition) is 0. The van der Waals surface area contributed by atoms with E-state index >= 15 is 0 Å². The number of sulfonamides is 1. The van der Waals surface area contributed by atoms with Gasteiger partial charge in [-0.05, 0) is 12.8 Å². The summed E-state index contributed by atoms with van der Waals surface area (Å²) in [6.45, 7) is 4.51. The largest absolute Gasteiger partial charge is 0.469 e. The highest BCUT2D eigenvalue weighted by Crippen LogP contribution is 2.33. The molecular weight excluding hydrogens is 242 g/mol. The van der Waals surface area contributed by atoms with Crippen molar-refractivity contribution in [1.29, 1.82) is 0 Å². The SMILES string of the molecule is CCN(CC)S(=O)(=O)C1CCCC1C(=O)OC. The van der Waals surface area contributed by atoms with Gasteiger partial charge in [-0.15, -0.1) is 0 Å². The molecule has 1 aliphatic rings. The molecule has 0 aromatic rings. The van der Waals surface area contributed by atoms with E-state index in [2.05, 4.69) is 4.74 Å². The first-order valence-electron chi connectivity index (χ1n) is 6.05. The standard InChI is InChI=1S/C11H21NO4S/c1-4-12(5-2)17(14,15)10-8-6-7-9(10)11(13)16-3/h9-10H,4-8H2,1-3H3. The Bertz CT molecular complexity index is 362. The summed E-state index contributed by atoms with van der Waals surface area (Å²) in [6, 6.07) is 0. The van der Waals surface area contributed by atoms with Crippen LogP contribution in [0.2, 0.25) is 0 Å². The average Bonchev–Trinajstić information content (AvgIpc) is 2.78. The van der Waals surface area contributed by atoms with Crippen LogP contribution in [0.15, 0.2) is 0 Å². The fourth-order valence-corrected chi connectivity index (χ4v) is 4.71. The monoisotopic (exact) mass is 263 g/mol. The number of methoxy groups -OCH3 is 1. The van der Waals surface area contributed by atoms with Crippen LogP contribution in [0.5, 0.6) is 0 Å². The summed E-state index contributed by atoms with van der Waals surface area (Å²) >= 11 is 0. The summed E-state index contributed by atoms with van der Waals surface area (Å²) in [6.07, 6.45) is 1.93. The van der Waals surface area contributed by atoms with E-state index in [1.807, 2.05) is 13.8 Å². The highest BCUT2D eigenvalue weighted by Gasteiger charge is 2.44. The Balaban J connectivity index is 2.94. The predicted octanol–water partition coefficient (Wildman–Crippen LogP) is 1.000. The molecule has 100 valence electrons. The molecule has 1 rings (SSSR count). The number of hydrogen-bond acceptors (Lipinski definition) is 4. The molecule has 1 saturated carbocycles. The van der Waals surface area contributed by atoms with Gasteiger partial charge in [0.2, 0.25) is 10.0 Å². The lowest BCUT2D eigenvalue weighted by molar-refractivity contribution is -0.145. The first-order valence-corrected chi connectivity index (χ1v) is 7.56. The Hall–Kier alpha value is -0.620. The molecule has 17 heavy (non-hydrogen) atoms. The van der Waals surface area contributed by atoms with Crippen molar-refractivity contribution in [3.63, 3.8) is 0 Å². The fraction of sp³-hybridized carbons (Fsp3) is 0.909. The van der Waals surface area contributed by atoms with Gasteiger partial charge in [0.25, 0.3) is 0 Å². The van der Waals surface area contributed by atoms with E-state index in [0.717, 1.165) is 6.42 Å². The molecule has 2 unspecified atom stereocenters. The van der Waals surface area contributed by atoms with Gasteiger partial charge in [0.15, 0.2) is 0 Å². The molecule has 0 aromatic carbocycles. The molecule has 1 aliphatic carbocycles. The molecule has 0 N–H and O–H groups in total. The van der Waals surface area contributed by atoms with E-state index in [0.29, 0.717) is 25.9 Å². The van der Waals surface area contributed by atoms with Crippen LogP contribution in [0.4, 0.5) is 0 Å². The zero-order chi connectivity index (χ0) is 13.1. The molecule has 2 atom stereocenters. The molecule has 0 radical (unpaired) electrons. The van der Waals surface area contributed by atoms with Crippen LogP contribution < -0.4 is 0 Å². The Morgan fingerprint density at radius 2 is 1.88 bits per heavy atom. The van der Waals surface area contributed by atoms with Gasteiger partial charge in [-0.1, -0.05) is 20.3 Å². The minimum atomic E-state index is -3.37. The van der Waals surface area contributed by atoms with Crippen LogP contribution in [0, 0.1) is 5.92 Å². The van der Waals surface area contributed by atoms with E-state index in [9.17, 15) is 13.2 Å². The zero-order valence-electron chi connectivity index (χ0n) is 10.7. The van der Waals surface area contributed by atoms with Crippen LogP contribution >= 0.6 is 0 Å². The van der Waals surface area contributed by atoms with Crippen molar-refractivity contribution < 1.29 is 17.9 Å². The second kappa shape index (κ2) is 5.82. The zero-order valence-corrected chi connectivity index (χ0v) is 11.5. The van der Waals surface area contributed by atoms with Gasteiger partial charge in [0.1, 0.15) is 0 Å². The minimum Gasteiger partial charge on any atom is -0.469 e. The third-order valence-corrected chi connectivity index (χ3v) is 5.97. The highest BCUT2D eigenvalue weighted by atomic mass is 32.2. The van der Waals surface area contributed by atoms with E-state index in [4.69, 9.17) is 0 Å². The maximum atomic E-state index is 12.3. The predicted molar refractivity (Wildman–Crippen MR) is 65.0 cm³/mol. The lowest BCUT2D eigenvalue weighted by Crippen LogP contribution is -2.42. The number of carbonyl (C=O) groups is 1. The maximum Gasteiger partial charge on any atom is 0.310 e. The number of rotatable bonds is 5. The van der Waals surface area contributed by atoms with Crippen molar-refractivity contribution in [2.24, 2.45) is 5.92 Å². The molecule has 0 bridgehead atoms. The molecule has 6 heteroatoms. The second-order valence-electron chi connectivity index (χ2n) is 4.23. The van der Waals surface area contributed by atoms with E-state index < -0.39 is 27.2 Å². The Morgan fingerprint density at radius 1 is 1.29 bits per heavy atom. The van der Waals surface area contributed by atoms with Gasteiger partial charge >= 0.3 is 5.97 Å². The Kier molecular flexibility index (Phi) is 4.94. The number of ether oxygens (including phenoxy) is 1. The third kappa shape index (κ3) is 2.80. The summed E-state index contributed by atoms with van der Waals surface area (Å²) in [7, 11) is -2.07. The van der Waals surface area contributed by atoms with Crippen molar-refractivity contribution in [2.75, 3.05) is 20.2 Å².